The van der Waals surface area contributed by atoms with E-state index in [0.717, 1.165) is 18.5 Å². The van der Waals surface area contributed by atoms with Crippen LogP contribution in [0.15, 0.2) is 30.9 Å². The second kappa shape index (κ2) is 10.1. The lowest BCUT2D eigenvalue weighted by atomic mass is 10.0. The van der Waals surface area contributed by atoms with Crippen LogP contribution in [-0.4, -0.2) is 67.1 Å². The third-order valence-corrected chi connectivity index (χ3v) is 6.72. The van der Waals surface area contributed by atoms with Crippen molar-refractivity contribution < 1.29 is 23.1 Å². The van der Waals surface area contributed by atoms with Gasteiger partial charge in [-0.25, -0.2) is 13.8 Å². The van der Waals surface area contributed by atoms with Gasteiger partial charge >= 0.3 is 0 Å². The number of carbonyl (C=O) groups excluding carboxylic acids is 2. The minimum absolute atomic E-state index is 0.00999. The van der Waals surface area contributed by atoms with E-state index in [1.165, 1.54) is 12.1 Å². The van der Waals surface area contributed by atoms with Gasteiger partial charge in [0.1, 0.15) is 11.6 Å². The van der Waals surface area contributed by atoms with E-state index in [9.17, 15) is 9.59 Å². The van der Waals surface area contributed by atoms with Crippen molar-refractivity contribution in [2.75, 3.05) is 54.9 Å². The van der Waals surface area contributed by atoms with Crippen LogP contribution >= 0.6 is 0 Å². The number of ether oxygens (including phenoxy) is 1. The molecule has 0 unspecified atom stereocenters. The van der Waals surface area contributed by atoms with Gasteiger partial charge in [-0.1, -0.05) is 6.58 Å². The topological polar surface area (TPSA) is 98.8 Å². The molecular formula is C25H28F2N6O3. The van der Waals surface area contributed by atoms with Gasteiger partial charge in [-0.05, 0) is 37.1 Å². The SMILES string of the molecule is C=CC(=O)N1CCC[C@@H](Nc2nc(Nc3ccc(N4CCOCC4)cc3F)c3c(c2F)CNC3=O)C1. The lowest BCUT2D eigenvalue weighted by Gasteiger charge is -2.33. The molecule has 3 aliphatic rings. The van der Waals surface area contributed by atoms with Crippen molar-refractivity contribution in [3.63, 3.8) is 0 Å². The van der Waals surface area contributed by atoms with E-state index >= 15 is 8.78 Å². The number of likely N-dealkylation sites (tertiary alicyclic amines) is 1. The van der Waals surface area contributed by atoms with Crippen molar-refractivity contribution in [3.05, 3.63) is 53.6 Å². The third-order valence-electron chi connectivity index (χ3n) is 6.72. The summed E-state index contributed by atoms with van der Waals surface area (Å²) in [6.45, 7) is 7.02. The van der Waals surface area contributed by atoms with Crippen LogP contribution in [0.2, 0.25) is 0 Å². The number of nitrogens with one attached hydrogen (secondary N) is 3. The Labute approximate surface area is 207 Å². The molecule has 36 heavy (non-hydrogen) atoms. The zero-order valence-electron chi connectivity index (χ0n) is 19.8. The Hall–Kier alpha value is -3.73. The Morgan fingerprint density at radius 3 is 2.78 bits per heavy atom. The molecular weight excluding hydrogens is 470 g/mol. The molecule has 4 heterocycles. The minimum atomic E-state index is -0.635. The Bertz CT molecular complexity index is 1200. The fourth-order valence-corrected chi connectivity index (χ4v) is 4.83. The highest BCUT2D eigenvalue weighted by molar-refractivity contribution is 6.03. The number of nitrogens with zero attached hydrogens (tertiary/aromatic N) is 3. The summed E-state index contributed by atoms with van der Waals surface area (Å²) in [6, 6.07) is 4.55. The van der Waals surface area contributed by atoms with Gasteiger partial charge < -0.3 is 30.5 Å². The number of halogens is 2. The van der Waals surface area contributed by atoms with Gasteiger partial charge in [0, 0.05) is 50.0 Å². The van der Waals surface area contributed by atoms with Gasteiger partial charge in [0.2, 0.25) is 5.91 Å². The molecule has 11 heteroatoms. The van der Waals surface area contributed by atoms with Gasteiger partial charge in [0.05, 0.1) is 24.5 Å². The van der Waals surface area contributed by atoms with Crippen LogP contribution in [0.5, 0.6) is 0 Å². The van der Waals surface area contributed by atoms with Crippen LogP contribution < -0.4 is 20.9 Å². The molecule has 9 nitrogen and oxygen atoms in total. The first-order valence-electron chi connectivity index (χ1n) is 12.0. The number of morpholine rings is 1. The molecule has 0 spiro atoms. The number of rotatable bonds is 6. The number of aromatic nitrogens is 1. The van der Waals surface area contributed by atoms with Crippen molar-refractivity contribution in [3.8, 4) is 0 Å². The van der Waals surface area contributed by atoms with E-state index in [1.54, 1.807) is 17.0 Å². The van der Waals surface area contributed by atoms with Crippen molar-refractivity contribution in [2.45, 2.75) is 25.4 Å². The molecule has 3 N–H and O–H groups in total. The van der Waals surface area contributed by atoms with E-state index in [0.29, 0.717) is 39.4 Å². The highest BCUT2D eigenvalue weighted by atomic mass is 19.1. The van der Waals surface area contributed by atoms with Gasteiger partial charge in [-0.15, -0.1) is 0 Å². The van der Waals surface area contributed by atoms with E-state index < -0.39 is 17.5 Å². The summed E-state index contributed by atoms with van der Waals surface area (Å²) < 4.78 is 35.8. The first-order valence-corrected chi connectivity index (χ1v) is 12.0. The van der Waals surface area contributed by atoms with Crippen molar-refractivity contribution in [2.24, 2.45) is 0 Å². The standard InChI is InChI=1S/C25H28F2N6O3/c1-2-20(34)33-7-3-4-15(14-33)29-24-22(27)17-13-28-25(35)21(17)23(31-24)30-19-6-5-16(12-18(19)26)32-8-10-36-11-9-32/h2,5-6,12,15H,1,3-4,7-11,13-14H2,(H,28,35)(H2,29,30,31)/t15-/m1/s1. The number of amides is 2. The average molecular weight is 499 g/mol. The van der Waals surface area contributed by atoms with Crippen molar-refractivity contribution >= 4 is 34.8 Å². The van der Waals surface area contributed by atoms with Gasteiger partial charge in [0.25, 0.3) is 5.91 Å². The lowest BCUT2D eigenvalue weighted by molar-refractivity contribution is -0.127. The molecule has 1 aromatic heterocycles. The smallest absolute Gasteiger partial charge is 0.255 e. The zero-order valence-corrected chi connectivity index (χ0v) is 19.8. The number of carbonyl (C=O) groups is 2. The molecule has 190 valence electrons. The Kier molecular flexibility index (Phi) is 6.73. The fraction of sp³-hybridized carbons (Fsp3) is 0.400. The predicted octanol–water partition coefficient (Wildman–Crippen LogP) is 2.77. The molecule has 2 amide bonds. The van der Waals surface area contributed by atoms with Gasteiger partial charge in [0.15, 0.2) is 11.6 Å². The molecule has 1 aromatic carbocycles. The maximum atomic E-state index is 15.3. The second-order valence-corrected chi connectivity index (χ2v) is 9.02. The zero-order chi connectivity index (χ0) is 25.2. The first-order chi connectivity index (χ1) is 17.4. The first kappa shape index (κ1) is 24.0. The van der Waals surface area contributed by atoms with E-state index in [-0.39, 0.29) is 46.9 Å². The summed E-state index contributed by atoms with van der Waals surface area (Å²) in [5.74, 6) is -1.79. The maximum Gasteiger partial charge on any atom is 0.255 e. The van der Waals surface area contributed by atoms with E-state index in [2.05, 4.69) is 27.5 Å². The largest absolute Gasteiger partial charge is 0.378 e. The summed E-state index contributed by atoms with van der Waals surface area (Å²) in [5.41, 5.74) is 1.08. The summed E-state index contributed by atoms with van der Waals surface area (Å²) in [5, 5.41) is 8.61. The van der Waals surface area contributed by atoms with Crippen LogP contribution in [0, 0.1) is 11.6 Å². The molecule has 2 saturated heterocycles. The number of fused-ring (bicyclic) bond motifs is 1. The fourth-order valence-electron chi connectivity index (χ4n) is 4.83. The molecule has 2 aromatic rings. The number of anilines is 4. The quantitative estimate of drug-likeness (QED) is 0.527. The summed E-state index contributed by atoms with van der Waals surface area (Å²) in [4.78, 5) is 32.5. The van der Waals surface area contributed by atoms with Gasteiger partial charge in [-0.3, -0.25) is 9.59 Å². The number of hydrogen-bond acceptors (Lipinski definition) is 7. The molecule has 0 bridgehead atoms. The van der Waals surface area contributed by atoms with Crippen molar-refractivity contribution in [1.29, 1.82) is 0 Å². The third kappa shape index (κ3) is 4.70. The number of benzene rings is 1. The van der Waals surface area contributed by atoms with Crippen molar-refractivity contribution in [1.82, 2.24) is 15.2 Å². The number of hydrogen-bond donors (Lipinski definition) is 3. The summed E-state index contributed by atoms with van der Waals surface area (Å²) in [6.07, 6.45) is 2.72. The maximum absolute atomic E-state index is 15.3. The number of pyridine rings is 1. The summed E-state index contributed by atoms with van der Waals surface area (Å²) in [7, 11) is 0. The second-order valence-electron chi connectivity index (χ2n) is 9.02. The Balaban J connectivity index is 1.41. The number of piperidine rings is 1. The lowest BCUT2D eigenvalue weighted by Crippen LogP contribution is -2.44. The molecule has 5 rings (SSSR count). The molecule has 0 radical (unpaired) electrons. The minimum Gasteiger partial charge on any atom is -0.378 e. The predicted molar refractivity (Wildman–Crippen MR) is 132 cm³/mol. The highest BCUT2D eigenvalue weighted by Crippen LogP contribution is 2.33. The molecule has 1 atom stereocenters. The molecule has 0 aliphatic carbocycles. The van der Waals surface area contributed by atoms with Crippen LogP contribution in [0.1, 0.15) is 28.8 Å². The van der Waals surface area contributed by atoms with E-state index in [4.69, 9.17) is 4.74 Å². The Morgan fingerprint density at radius 1 is 1.22 bits per heavy atom. The van der Waals surface area contributed by atoms with Crippen LogP contribution in [-0.2, 0) is 16.1 Å². The van der Waals surface area contributed by atoms with Crippen LogP contribution in [0.4, 0.5) is 31.8 Å². The Morgan fingerprint density at radius 2 is 2.03 bits per heavy atom. The molecule has 2 fully saturated rings. The monoisotopic (exact) mass is 498 g/mol. The highest BCUT2D eigenvalue weighted by Gasteiger charge is 2.31. The molecule has 3 aliphatic heterocycles. The van der Waals surface area contributed by atoms with Crippen LogP contribution in [0.3, 0.4) is 0 Å². The molecule has 0 saturated carbocycles. The average Bonchev–Trinajstić information content (AvgIpc) is 3.30. The normalized spacial score (nSPS) is 19.5. The summed E-state index contributed by atoms with van der Waals surface area (Å²) >= 11 is 0. The van der Waals surface area contributed by atoms with Gasteiger partial charge in [-0.2, -0.15) is 0 Å². The van der Waals surface area contributed by atoms with E-state index in [1.807, 2.05) is 4.90 Å². The van der Waals surface area contributed by atoms with Crippen LogP contribution in [0.25, 0.3) is 0 Å².